The van der Waals surface area contributed by atoms with Crippen molar-refractivity contribution in [3.05, 3.63) is 17.0 Å². The standard InChI is InChI=1S/C25H41N4O6PS/c1-14(2)11-20-22(27-25(26)37-20)19-9-10-21(35-19)36(32,28-17(7)23(30)33-12-15(3)4)29-18(8)24(31)34-13-16(5)6/h9-10,14-18H,11-13H2,1-8H3,(H2,26,27)(H2,28,29,32)/t17-,18-/m0/s1. The van der Waals surface area contributed by atoms with Crippen molar-refractivity contribution < 1.29 is 28.0 Å². The number of nitrogen functional groups attached to an aromatic ring is 1. The van der Waals surface area contributed by atoms with Crippen molar-refractivity contribution in [3.8, 4) is 11.5 Å². The number of carbonyl (C=O) groups is 2. The van der Waals surface area contributed by atoms with E-state index in [0.717, 1.165) is 11.3 Å². The predicted octanol–water partition coefficient (Wildman–Crippen LogP) is 4.36. The lowest BCUT2D eigenvalue weighted by molar-refractivity contribution is -0.146. The first-order chi connectivity index (χ1) is 17.2. The van der Waals surface area contributed by atoms with E-state index in [1.807, 2.05) is 27.7 Å². The van der Waals surface area contributed by atoms with Crippen LogP contribution >= 0.6 is 18.8 Å². The van der Waals surface area contributed by atoms with Gasteiger partial charge in [-0.15, -0.1) is 11.3 Å². The molecule has 2 rings (SSSR count). The highest BCUT2D eigenvalue weighted by atomic mass is 32.1. The third kappa shape index (κ3) is 9.25. The zero-order chi connectivity index (χ0) is 27.9. The van der Waals surface area contributed by atoms with Crippen LogP contribution in [-0.4, -0.2) is 42.2 Å². The van der Waals surface area contributed by atoms with E-state index in [4.69, 9.17) is 19.6 Å². The summed E-state index contributed by atoms with van der Waals surface area (Å²) in [7, 11) is -3.85. The molecule has 0 bridgehead atoms. The summed E-state index contributed by atoms with van der Waals surface area (Å²) >= 11 is 1.38. The van der Waals surface area contributed by atoms with Crippen LogP contribution in [-0.2, 0) is 30.0 Å². The molecule has 2 aromatic rings. The number of thiazole rings is 1. The average molecular weight is 557 g/mol. The number of aromatic nitrogens is 1. The van der Waals surface area contributed by atoms with Gasteiger partial charge < -0.3 is 19.6 Å². The molecule has 0 spiro atoms. The number of ether oxygens (including phenoxy) is 2. The van der Waals surface area contributed by atoms with E-state index in [1.165, 1.54) is 11.3 Å². The summed E-state index contributed by atoms with van der Waals surface area (Å²) in [4.78, 5) is 30.5. The summed E-state index contributed by atoms with van der Waals surface area (Å²) in [5.41, 5.74) is 6.59. The number of hydrogen-bond donors (Lipinski definition) is 3. The Morgan fingerprint density at radius 1 is 0.946 bits per heavy atom. The lowest BCUT2D eigenvalue weighted by atomic mass is 10.1. The summed E-state index contributed by atoms with van der Waals surface area (Å²) in [5.74, 6) is -0.0662. The molecule has 10 nitrogen and oxygen atoms in total. The summed E-state index contributed by atoms with van der Waals surface area (Å²) < 4.78 is 30.9. The van der Waals surface area contributed by atoms with Gasteiger partial charge in [0.1, 0.15) is 17.8 Å². The van der Waals surface area contributed by atoms with Gasteiger partial charge >= 0.3 is 11.9 Å². The minimum absolute atomic E-state index is 0.0385. The lowest BCUT2D eigenvalue weighted by Gasteiger charge is -2.25. The van der Waals surface area contributed by atoms with Gasteiger partial charge in [0.05, 0.1) is 13.2 Å². The SMILES string of the molecule is CC(C)COC(=O)[C@H](C)NP(=O)(N[C@@H](C)C(=O)OCC(C)C)c1ccc(-c2nc(N)sc2CC(C)C)o1. The van der Waals surface area contributed by atoms with Crippen LogP contribution in [0, 0.1) is 17.8 Å². The topological polar surface area (TPSA) is 146 Å². The van der Waals surface area contributed by atoms with Crippen LogP contribution in [0.2, 0.25) is 0 Å². The van der Waals surface area contributed by atoms with Gasteiger partial charge in [-0.25, -0.2) is 15.2 Å². The van der Waals surface area contributed by atoms with Gasteiger partial charge in [0.2, 0.25) is 0 Å². The van der Waals surface area contributed by atoms with Crippen LogP contribution in [0.25, 0.3) is 11.5 Å². The fourth-order valence-corrected chi connectivity index (χ4v) is 6.45. The molecule has 2 aromatic heterocycles. The Morgan fingerprint density at radius 2 is 1.46 bits per heavy atom. The Bertz CT molecular complexity index is 1060. The fourth-order valence-electron chi connectivity index (χ4n) is 3.26. The summed E-state index contributed by atoms with van der Waals surface area (Å²) in [5, 5.41) is 6.06. The molecule has 2 atom stereocenters. The van der Waals surface area contributed by atoms with Crippen LogP contribution in [0.4, 0.5) is 5.13 Å². The first-order valence-electron chi connectivity index (χ1n) is 12.6. The molecule has 0 fully saturated rings. The fraction of sp³-hybridized carbons (Fsp3) is 0.640. The monoisotopic (exact) mass is 556 g/mol. The highest BCUT2D eigenvalue weighted by Crippen LogP contribution is 2.40. The van der Waals surface area contributed by atoms with Gasteiger partial charge in [-0.3, -0.25) is 14.2 Å². The molecule has 0 aliphatic rings. The number of nitrogens with one attached hydrogen (secondary N) is 2. The second-order valence-electron chi connectivity index (χ2n) is 10.4. The van der Waals surface area contributed by atoms with Crippen molar-refractivity contribution in [3.63, 3.8) is 0 Å². The maximum Gasteiger partial charge on any atom is 0.323 e. The molecular formula is C25H41N4O6PS. The van der Waals surface area contributed by atoms with Gasteiger partial charge in [-0.05, 0) is 50.2 Å². The maximum absolute atomic E-state index is 14.3. The first-order valence-corrected chi connectivity index (χ1v) is 15.1. The number of anilines is 1. The minimum Gasteiger partial charge on any atom is -0.464 e. The number of furan rings is 1. The van der Waals surface area contributed by atoms with Crippen LogP contribution in [0.3, 0.4) is 0 Å². The van der Waals surface area contributed by atoms with Gasteiger partial charge in [0.15, 0.2) is 16.4 Å². The van der Waals surface area contributed by atoms with Gasteiger partial charge in [0.25, 0.3) is 7.44 Å². The second-order valence-corrected chi connectivity index (χ2v) is 13.7. The van der Waals surface area contributed by atoms with Crippen LogP contribution in [0.15, 0.2) is 16.5 Å². The van der Waals surface area contributed by atoms with Crippen molar-refractivity contribution in [1.82, 2.24) is 15.2 Å². The Hall–Kier alpha value is -2.20. The highest BCUT2D eigenvalue weighted by Gasteiger charge is 2.36. The number of rotatable bonds is 14. The first kappa shape index (κ1) is 31.0. The molecule has 0 aliphatic carbocycles. The molecule has 0 saturated carbocycles. The smallest absolute Gasteiger partial charge is 0.323 e. The van der Waals surface area contributed by atoms with E-state index < -0.39 is 31.5 Å². The molecule has 0 radical (unpaired) electrons. The third-order valence-electron chi connectivity index (χ3n) is 5.02. The third-order valence-corrected chi connectivity index (χ3v) is 8.29. The largest absolute Gasteiger partial charge is 0.464 e. The summed E-state index contributed by atoms with van der Waals surface area (Å²) in [6.07, 6.45) is 0.756. The Labute approximate surface area is 223 Å². The van der Waals surface area contributed by atoms with Crippen LogP contribution < -0.4 is 21.4 Å². The zero-order valence-corrected chi connectivity index (χ0v) is 24.7. The number of carbonyl (C=O) groups excluding carboxylic acids is 2. The minimum atomic E-state index is -3.85. The maximum atomic E-state index is 14.3. The molecule has 208 valence electrons. The lowest BCUT2D eigenvalue weighted by Crippen LogP contribution is -2.44. The number of nitrogens with zero attached hydrogens (tertiary/aromatic N) is 1. The predicted molar refractivity (Wildman–Crippen MR) is 147 cm³/mol. The molecule has 0 unspecified atom stereocenters. The Morgan fingerprint density at radius 3 is 1.92 bits per heavy atom. The van der Waals surface area contributed by atoms with Crippen molar-refractivity contribution >= 4 is 41.4 Å². The average Bonchev–Trinajstić information content (AvgIpc) is 3.42. The normalized spacial score (nSPS) is 13.8. The number of nitrogens with two attached hydrogens (primary N) is 1. The summed E-state index contributed by atoms with van der Waals surface area (Å²) in [6.45, 7) is 15.4. The van der Waals surface area contributed by atoms with Crippen molar-refractivity contribution in [2.75, 3.05) is 18.9 Å². The molecule has 37 heavy (non-hydrogen) atoms. The van der Waals surface area contributed by atoms with Crippen molar-refractivity contribution in [1.29, 1.82) is 0 Å². The molecule has 2 heterocycles. The number of esters is 2. The van der Waals surface area contributed by atoms with Crippen LogP contribution in [0.5, 0.6) is 0 Å². The van der Waals surface area contributed by atoms with E-state index >= 15 is 0 Å². The molecule has 0 amide bonds. The van der Waals surface area contributed by atoms with E-state index in [2.05, 4.69) is 29.0 Å². The molecule has 4 N–H and O–H groups in total. The molecule has 12 heteroatoms. The van der Waals surface area contributed by atoms with Crippen LogP contribution in [0.1, 0.15) is 60.3 Å². The van der Waals surface area contributed by atoms with Crippen molar-refractivity contribution in [2.24, 2.45) is 17.8 Å². The van der Waals surface area contributed by atoms with E-state index in [9.17, 15) is 14.2 Å². The quantitative estimate of drug-likeness (QED) is 0.227. The molecular weight excluding hydrogens is 515 g/mol. The van der Waals surface area contributed by atoms with E-state index in [0.29, 0.717) is 22.5 Å². The second kappa shape index (κ2) is 13.6. The summed E-state index contributed by atoms with van der Waals surface area (Å²) in [6, 6.07) is 1.31. The molecule has 0 aromatic carbocycles. The van der Waals surface area contributed by atoms with Gasteiger partial charge in [-0.2, -0.15) is 0 Å². The molecule has 0 saturated heterocycles. The zero-order valence-electron chi connectivity index (χ0n) is 23.0. The van der Waals surface area contributed by atoms with E-state index in [-0.39, 0.29) is 30.6 Å². The Kier molecular flexibility index (Phi) is 11.4. The van der Waals surface area contributed by atoms with Crippen molar-refractivity contribution in [2.45, 2.75) is 73.9 Å². The van der Waals surface area contributed by atoms with E-state index in [1.54, 1.807) is 26.0 Å². The highest BCUT2D eigenvalue weighted by molar-refractivity contribution is 7.67. The Balaban J connectivity index is 2.37. The van der Waals surface area contributed by atoms with Gasteiger partial charge in [0, 0.05) is 4.88 Å². The number of hydrogen-bond acceptors (Lipinski definition) is 9. The van der Waals surface area contributed by atoms with Gasteiger partial charge in [-0.1, -0.05) is 41.5 Å². The molecule has 0 aliphatic heterocycles.